The van der Waals surface area contributed by atoms with Crippen LogP contribution in [0.15, 0.2) is 18.5 Å². The second-order valence-corrected chi connectivity index (χ2v) is 6.11. The number of anilines is 1. The minimum atomic E-state index is -0.917. The number of nitrogens with one attached hydrogen (secondary N) is 3. The first-order chi connectivity index (χ1) is 12.0. The quantitative estimate of drug-likeness (QED) is 0.442. The van der Waals surface area contributed by atoms with E-state index in [1.807, 2.05) is 6.92 Å². The Morgan fingerprint density at radius 2 is 2.00 bits per heavy atom. The summed E-state index contributed by atoms with van der Waals surface area (Å²) in [6, 6.07) is 1.19. The number of hydrogen-bond acceptors (Lipinski definition) is 6. The molecule has 0 bridgehead atoms. The topological polar surface area (TPSA) is 116 Å². The number of nitrogens with zero attached hydrogens (tertiary/aromatic N) is 3. The van der Waals surface area contributed by atoms with E-state index in [4.69, 9.17) is 0 Å². The van der Waals surface area contributed by atoms with E-state index < -0.39 is 11.6 Å². The van der Waals surface area contributed by atoms with Crippen LogP contribution in [0, 0.1) is 0 Å². The molecule has 1 fully saturated rings. The fraction of sp³-hybridized carbons (Fsp3) is 0.562. The Morgan fingerprint density at radius 1 is 1.28 bits per heavy atom. The van der Waals surface area contributed by atoms with Gasteiger partial charge in [-0.3, -0.25) is 14.5 Å². The largest absolute Gasteiger partial charge is 0.353 e. The molecule has 0 aromatic carbocycles. The van der Waals surface area contributed by atoms with E-state index in [0.717, 1.165) is 17.7 Å². The van der Waals surface area contributed by atoms with E-state index in [2.05, 4.69) is 25.9 Å². The molecule has 1 aromatic rings. The maximum absolute atomic E-state index is 12.4. The molecule has 0 aliphatic carbocycles. The molecule has 136 valence electrons. The highest BCUT2D eigenvalue weighted by Crippen LogP contribution is 2.23. The number of rotatable bonds is 9. The van der Waals surface area contributed by atoms with Crippen LogP contribution in [0.1, 0.15) is 33.1 Å². The maximum Gasteiger partial charge on any atom is 0.325 e. The van der Waals surface area contributed by atoms with Crippen molar-refractivity contribution in [2.75, 3.05) is 25.0 Å². The van der Waals surface area contributed by atoms with Crippen molar-refractivity contribution < 1.29 is 14.4 Å². The minimum absolute atomic E-state index is 0.284. The Hall–Kier alpha value is -2.71. The lowest BCUT2D eigenvalue weighted by molar-refractivity contribution is -0.134. The Labute approximate surface area is 146 Å². The molecule has 4 amide bonds. The smallest absolute Gasteiger partial charge is 0.325 e. The number of hydrogen-bond donors (Lipinski definition) is 3. The van der Waals surface area contributed by atoms with Gasteiger partial charge in [0.05, 0.1) is 0 Å². The first kappa shape index (κ1) is 18.6. The van der Waals surface area contributed by atoms with Crippen LogP contribution in [0.25, 0.3) is 0 Å². The lowest BCUT2D eigenvalue weighted by Crippen LogP contribution is -2.45. The van der Waals surface area contributed by atoms with Crippen molar-refractivity contribution in [1.82, 2.24) is 25.5 Å². The van der Waals surface area contributed by atoms with Crippen LogP contribution in [-0.4, -0.2) is 57.9 Å². The molecule has 25 heavy (non-hydrogen) atoms. The van der Waals surface area contributed by atoms with Gasteiger partial charge in [-0.05, 0) is 19.4 Å². The molecule has 1 atom stereocenters. The molecule has 1 aliphatic rings. The maximum atomic E-state index is 12.4. The first-order valence-electron chi connectivity index (χ1n) is 8.38. The Kier molecular flexibility index (Phi) is 6.26. The summed E-state index contributed by atoms with van der Waals surface area (Å²) in [5.41, 5.74) is -0.917. The van der Waals surface area contributed by atoms with Gasteiger partial charge in [-0.2, -0.15) is 0 Å². The summed E-state index contributed by atoms with van der Waals surface area (Å²) >= 11 is 0. The zero-order valence-electron chi connectivity index (χ0n) is 14.5. The van der Waals surface area contributed by atoms with Gasteiger partial charge in [0.1, 0.15) is 12.1 Å². The summed E-state index contributed by atoms with van der Waals surface area (Å²) in [4.78, 5) is 45.4. The molecular weight excluding hydrogens is 324 g/mol. The number of urea groups is 1. The molecule has 0 radical (unpaired) electrons. The molecule has 1 saturated heterocycles. The Bertz CT molecular complexity index is 624. The number of imide groups is 1. The third kappa shape index (κ3) is 4.88. The van der Waals surface area contributed by atoms with Crippen molar-refractivity contribution in [3.63, 3.8) is 0 Å². The number of unbranched alkanes of at least 4 members (excludes halogenated alkanes) is 1. The zero-order valence-corrected chi connectivity index (χ0v) is 14.5. The van der Waals surface area contributed by atoms with Crippen molar-refractivity contribution in [2.45, 2.75) is 38.6 Å². The van der Waals surface area contributed by atoms with E-state index in [0.29, 0.717) is 25.5 Å². The van der Waals surface area contributed by atoms with Gasteiger partial charge in [0, 0.05) is 25.5 Å². The third-order valence-corrected chi connectivity index (χ3v) is 3.97. The minimum Gasteiger partial charge on any atom is -0.353 e. The molecule has 9 nitrogen and oxygen atoms in total. The van der Waals surface area contributed by atoms with Crippen molar-refractivity contribution in [3.05, 3.63) is 18.5 Å². The monoisotopic (exact) mass is 348 g/mol. The van der Waals surface area contributed by atoms with Crippen LogP contribution in [0.2, 0.25) is 0 Å². The normalized spacial score (nSPS) is 19.7. The van der Waals surface area contributed by atoms with Crippen LogP contribution < -0.4 is 16.0 Å². The van der Waals surface area contributed by atoms with E-state index in [-0.39, 0.29) is 18.4 Å². The summed E-state index contributed by atoms with van der Waals surface area (Å²) in [7, 11) is 0. The molecule has 1 aliphatic heterocycles. The first-order valence-corrected chi connectivity index (χ1v) is 8.38. The Balaban J connectivity index is 1.76. The van der Waals surface area contributed by atoms with Gasteiger partial charge in [0.15, 0.2) is 0 Å². The standard InChI is InChI=1S/C16H24N6O3/c1-3-4-6-16(2)13(24)22(15(25)21-16)11-12(23)17-9-10-20-14-18-7-5-8-19-14/h5,7-8H,3-4,6,9-11H2,1-2H3,(H,17,23)(H,21,25)(H,18,19,20). The van der Waals surface area contributed by atoms with Crippen LogP contribution in [-0.2, 0) is 9.59 Å². The predicted octanol–water partition coefficient (Wildman–Crippen LogP) is 0.505. The molecule has 9 heteroatoms. The SMILES string of the molecule is CCCCC1(C)NC(=O)N(CC(=O)NCCNc2ncccn2)C1=O. The number of carbonyl (C=O) groups is 3. The third-order valence-electron chi connectivity index (χ3n) is 3.97. The summed E-state index contributed by atoms with van der Waals surface area (Å²) in [6.45, 7) is 4.20. The Morgan fingerprint density at radius 3 is 2.68 bits per heavy atom. The van der Waals surface area contributed by atoms with Crippen LogP contribution >= 0.6 is 0 Å². The van der Waals surface area contributed by atoms with Gasteiger partial charge in [-0.15, -0.1) is 0 Å². The number of aromatic nitrogens is 2. The van der Waals surface area contributed by atoms with Crippen LogP contribution in [0.3, 0.4) is 0 Å². The van der Waals surface area contributed by atoms with E-state index in [9.17, 15) is 14.4 Å². The summed E-state index contributed by atoms with van der Waals surface area (Å²) in [6.07, 6.45) is 5.54. The van der Waals surface area contributed by atoms with Gasteiger partial charge in [0.25, 0.3) is 5.91 Å². The molecule has 2 rings (SSSR count). The van der Waals surface area contributed by atoms with Crippen molar-refractivity contribution in [2.24, 2.45) is 0 Å². The highest BCUT2D eigenvalue weighted by atomic mass is 16.2. The second kappa shape index (κ2) is 8.41. The molecule has 3 N–H and O–H groups in total. The summed E-state index contributed by atoms with van der Waals surface area (Å²) in [5.74, 6) is -0.270. The summed E-state index contributed by atoms with van der Waals surface area (Å²) in [5, 5.41) is 8.30. The number of amides is 4. The van der Waals surface area contributed by atoms with Crippen LogP contribution in [0.4, 0.5) is 10.7 Å². The van der Waals surface area contributed by atoms with Gasteiger partial charge in [0.2, 0.25) is 11.9 Å². The fourth-order valence-corrected chi connectivity index (χ4v) is 2.56. The number of carbonyl (C=O) groups excluding carboxylic acids is 3. The molecule has 2 heterocycles. The van der Waals surface area contributed by atoms with E-state index >= 15 is 0 Å². The van der Waals surface area contributed by atoms with E-state index in [1.165, 1.54) is 0 Å². The molecule has 0 spiro atoms. The van der Waals surface area contributed by atoms with Crippen LogP contribution in [0.5, 0.6) is 0 Å². The molecule has 1 unspecified atom stereocenters. The predicted molar refractivity (Wildman–Crippen MR) is 91.7 cm³/mol. The zero-order chi connectivity index (χ0) is 18.3. The fourth-order valence-electron chi connectivity index (χ4n) is 2.56. The summed E-state index contributed by atoms with van der Waals surface area (Å²) < 4.78 is 0. The molecule has 1 aromatic heterocycles. The lowest BCUT2D eigenvalue weighted by atomic mass is 9.95. The van der Waals surface area contributed by atoms with E-state index in [1.54, 1.807) is 25.4 Å². The molecule has 0 saturated carbocycles. The van der Waals surface area contributed by atoms with Crippen molar-refractivity contribution in [3.8, 4) is 0 Å². The lowest BCUT2D eigenvalue weighted by Gasteiger charge is -2.21. The van der Waals surface area contributed by atoms with Gasteiger partial charge >= 0.3 is 6.03 Å². The second-order valence-electron chi connectivity index (χ2n) is 6.11. The van der Waals surface area contributed by atoms with Gasteiger partial charge < -0.3 is 16.0 Å². The highest BCUT2D eigenvalue weighted by Gasteiger charge is 2.47. The highest BCUT2D eigenvalue weighted by molar-refractivity contribution is 6.08. The molecular formula is C16H24N6O3. The van der Waals surface area contributed by atoms with Crippen molar-refractivity contribution >= 4 is 23.8 Å². The average Bonchev–Trinajstić information content (AvgIpc) is 2.81. The average molecular weight is 348 g/mol. The van der Waals surface area contributed by atoms with Crippen molar-refractivity contribution in [1.29, 1.82) is 0 Å². The van der Waals surface area contributed by atoms with Gasteiger partial charge in [-0.25, -0.2) is 14.8 Å². The van der Waals surface area contributed by atoms with Gasteiger partial charge in [-0.1, -0.05) is 19.8 Å².